The second kappa shape index (κ2) is 18.8. The number of aryl methyl sites for hydroxylation is 1. The van der Waals surface area contributed by atoms with Gasteiger partial charge in [-0.1, -0.05) is 18.1 Å². The molecule has 3 N–H and O–H groups in total. The van der Waals surface area contributed by atoms with Crippen LogP contribution in [0.1, 0.15) is 85.7 Å². The molecule has 2 bridgehead atoms. The number of piperazine rings is 2. The van der Waals surface area contributed by atoms with E-state index in [1.54, 1.807) is 17.2 Å². The summed E-state index contributed by atoms with van der Waals surface area (Å²) in [6, 6.07) is 11.3. The number of urea groups is 1. The summed E-state index contributed by atoms with van der Waals surface area (Å²) in [4.78, 5) is 63.2. The number of halogens is 2. The van der Waals surface area contributed by atoms with Crippen molar-refractivity contribution in [3.63, 3.8) is 0 Å². The first kappa shape index (κ1) is 47.5. The maximum Gasteiger partial charge on any atom is 0.328 e. The maximum absolute atomic E-state index is 17.1. The molecule has 2 saturated carbocycles. The summed E-state index contributed by atoms with van der Waals surface area (Å²) in [5.41, 5.74) is 2.47. The summed E-state index contributed by atoms with van der Waals surface area (Å²) < 4.78 is 38.6. The summed E-state index contributed by atoms with van der Waals surface area (Å²) in [6.07, 6.45) is 17.4. The normalized spacial score (nSPS) is 23.1. The number of phenolic OH excluding ortho intramolecular Hbond substituents is 1. The van der Waals surface area contributed by atoms with Crippen LogP contribution in [0, 0.1) is 47.6 Å². The van der Waals surface area contributed by atoms with Gasteiger partial charge in [0.2, 0.25) is 5.91 Å². The molecule has 380 valence electrons. The summed E-state index contributed by atoms with van der Waals surface area (Å²) in [6.45, 7) is 11.7. The highest BCUT2D eigenvalue weighted by Gasteiger charge is 2.46. The third kappa shape index (κ3) is 9.09. The quantitative estimate of drug-likeness (QED) is 0.117. The third-order valence-electron chi connectivity index (χ3n) is 17.5. The number of nitrogens with zero attached hydrogens (tertiary/aromatic N) is 8. The molecule has 7 fully saturated rings. The first-order chi connectivity index (χ1) is 35.3. The van der Waals surface area contributed by atoms with Crippen LogP contribution in [-0.2, 0) is 4.79 Å². The van der Waals surface area contributed by atoms with Crippen molar-refractivity contribution in [1.29, 1.82) is 0 Å². The fourth-order valence-electron chi connectivity index (χ4n) is 12.9. The molecule has 2 aliphatic carbocycles. The number of hydrogen-bond acceptors (Lipinski definition) is 12. The number of likely N-dealkylation sites (tertiary alicyclic amines) is 1. The van der Waals surface area contributed by atoms with Crippen LogP contribution in [0.2, 0.25) is 0 Å². The number of nitrogens with one attached hydrogen (secondary N) is 2. The van der Waals surface area contributed by atoms with Crippen molar-refractivity contribution in [3.8, 4) is 35.4 Å². The van der Waals surface area contributed by atoms with Crippen LogP contribution in [0.25, 0.3) is 32.9 Å². The van der Waals surface area contributed by atoms with Gasteiger partial charge in [-0.05, 0) is 117 Å². The van der Waals surface area contributed by atoms with Gasteiger partial charge in [-0.2, -0.15) is 9.97 Å². The van der Waals surface area contributed by atoms with Crippen LogP contribution < -0.4 is 25.2 Å². The first-order valence-corrected chi connectivity index (χ1v) is 26.2. The number of ether oxygens (including phenoxy) is 1. The molecule has 2 aromatic heterocycles. The Kier molecular flexibility index (Phi) is 12.2. The molecule has 7 heterocycles. The number of rotatable bonds is 11. The van der Waals surface area contributed by atoms with Gasteiger partial charge in [0.05, 0.1) is 17.6 Å². The number of phenols is 1. The van der Waals surface area contributed by atoms with Gasteiger partial charge >= 0.3 is 12.0 Å². The second-order valence-corrected chi connectivity index (χ2v) is 22.2. The summed E-state index contributed by atoms with van der Waals surface area (Å²) in [5, 5.41) is 17.8. The molecule has 2 atom stereocenters. The van der Waals surface area contributed by atoms with Gasteiger partial charge < -0.3 is 34.8 Å². The van der Waals surface area contributed by atoms with E-state index in [2.05, 4.69) is 36.2 Å². The smallest absolute Gasteiger partial charge is 0.328 e. The molecule has 4 amide bonds. The minimum atomic E-state index is -0.725. The molecule has 0 radical (unpaired) electrons. The number of piperidine rings is 1. The van der Waals surface area contributed by atoms with E-state index in [9.17, 15) is 19.5 Å². The van der Waals surface area contributed by atoms with Crippen LogP contribution in [0.3, 0.4) is 0 Å². The first-order valence-electron chi connectivity index (χ1n) is 26.2. The molecule has 1 spiro atoms. The number of fused-ring (bicyclic) bond motifs is 4. The lowest BCUT2D eigenvalue weighted by Gasteiger charge is -2.47. The van der Waals surface area contributed by atoms with Crippen molar-refractivity contribution in [2.24, 2.45) is 16.7 Å². The van der Waals surface area contributed by atoms with E-state index in [-0.39, 0.29) is 69.2 Å². The molecule has 7 aliphatic rings. The van der Waals surface area contributed by atoms with Crippen molar-refractivity contribution in [1.82, 2.24) is 40.3 Å². The molecule has 3 aromatic carbocycles. The number of aromatic nitrogens is 3. The molecule has 15 nitrogen and oxygen atoms in total. The van der Waals surface area contributed by atoms with Crippen LogP contribution in [0.15, 0.2) is 48.7 Å². The zero-order valence-electron chi connectivity index (χ0n) is 41.4. The predicted molar refractivity (Wildman–Crippen MR) is 274 cm³/mol. The largest absolute Gasteiger partial charge is 0.508 e. The number of carbonyl (C=O) groups excluding carboxylic acids is 3. The SMILES string of the molecule is C#Cc1c(F)ccc2cc(O)cc(-c3ncc4c(N5C[C@@H]6C[C@H]5CN6)nc(OCC5(CN6CCN(CC7CCC8(CC7)CCN(C(=O)c7ccc(C)c(N9CCC(=O)NC9=O)c7)CC8)CC6)CC5)nc4c3F)c12. The Morgan fingerprint density at radius 2 is 1.73 bits per heavy atom. The lowest BCUT2D eigenvalue weighted by molar-refractivity contribution is -0.120. The Balaban J connectivity index is 0.654. The van der Waals surface area contributed by atoms with Crippen LogP contribution in [0.5, 0.6) is 11.8 Å². The van der Waals surface area contributed by atoms with Gasteiger partial charge in [0.1, 0.15) is 28.6 Å². The molecule has 5 aliphatic heterocycles. The van der Waals surface area contributed by atoms with Gasteiger partial charge in [0.25, 0.3) is 5.91 Å². The monoisotopic (exact) mass is 992 g/mol. The van der Waals surface area contributed by atoms with E-state index in [0.29, 0.717) is 58.4 Å². The average Bonchev–Trinajstić information content (AvgIpc) is 3.80. The molecular weight excluding hydrogens is 931 g/mol. The number of imide groups is 1. The van der Waals surface area contributed by atoms with Crippen LogP contribution in [0.4, 0.5) is 25.1 Å². The topological polar surface area (TPSA) is 160 Å². The van der Waals surface area contributed by atoms with E-state index in [4.69, 9.17) is 21.1 Å². The zero-order valence-corrected chi connectivity index (χ0v) is 41.4. The fourth-order valence-corrected chi connectivity index (χ4v) is 12.9. The lowest BCUT2D eigenvalue weighted by Crippen LogP contribution is -2.50. The third-order valence-corrected chi connectivity index (χ3v) is 17.5. The van der Waals surface area contributed by atoms with Gasteiger partial charge in [-0.15, -0.1) is 6.42 Å². The van der Waals surface area contributed by atoms with Gasteiger partial charge in [0, 0.05) is 124 Å². The minimum Gasteiger partial charge on any atom is -0.508 e. The van der Waals surface area contributed by atoms with Crippen molar-refractivity contribution in [2.75, 3.05) is 88.4 Å². The Labute approximate surface area is 423 Å². The Bertz CT molecular complexity index is 3080. The molecule has 73 heavy (non-hydrogen) atoms. The van der Waals surface area contributed by atoms with Crippen LogP contribution in [-0.4, -0.2) is 143 Å². The standard InChI is InChI=1S/C56H62F2N10O5/c1-3-41-44(57)7-6-36-24-40(69)27-42(47(36)41)49-48(58)50-43(29-60-49)51(68-31-38-26-39(68)28-59-38)63-53(62-50)73-33-56(13-14-56)32-65-22-20-64(21-23-65)30-35-8-11-55(12-9-35)15-18-66(19-16-55)52(71)37-5-4-34(2)45(25-37)67-17-10-46(70)61-54(67)72/h1,4-7,24-25,27,29,35,38-39,59,69H,8-23,26,28,30-33H2,2H3,(H,61,70,72)/t38-,39-/m0/s1. The second-order valence-electron chi connectivity index (χ2n) is 22.2. The predicted octanol–water partition coefficient (Wildman–Crippen LogP) is 7.00. The zero-order chi connectivity index (χ0) is 50.2. The molecular formula is C56H62F2N10O5. The fraction of sp³-hybridized carbons (Fsp3) is 0.500. The number of terminal acetylenes is 1. The number of benzene rings is 3. The molecule has 5 aromatic rings. The highest BCUT2D eigenvalue weighted by Crippen LogP contribution is 2.49. The number of anilines is 2. The average molecular weight is 993 g/mol. The van der Waals surface area contributed by atoms with Crippen molar-refractivity contribution < 1.29 is 33.0 Å². The summed E-state index contributed by atoms with van der Waals surface area (Å²) in [5.74, 6) is 1.91. The number of hydrogen-bond donors (Lipinski definition) is 3. The molecule has 5 saturated heterocycles. The minimum absolute atomic E-state index is 0.000367. The Morgan fingerprint density at radius 3 is 2.44 bits per heavy atom. The van der Waals surface area contributed by atoms with Crippen molar-refractivity contribution in [3.05, 3.63) is 77.0 Å². The van der Waals surface area contributed by atoms with Crippen molar-refractivity contribution >= 4 is 51.0 Å². The molecule has 12 rings (SSSR count). The number of pyridine rings is 1. The summed E-state index contributed by atoms with van der Waals surface area (Å²) in [7, 11) is 0. The Hall–Kier alpha value is -6.48. The van der Waals surface area contributed by atoms with Gasteiger partial charge in [-0.25, -0.2) is 13.6 Å². The van der Waals surface area contributed by atoms with E-state index < -0.39 is 17.7 Å². The summed E-state index contributed by atoms with van der Waals surface area (Å²) >= 11 is 0. The van der Waals surface area contributed by atoms with E-state index in [0.717, 1.165) is 103 Å². The van der Waals surface area contributed by atoms with E-state index in [1.807, 2.05) is 24.0 Å². The maximum atomic E-state index is 17.1. The van der Waals surface area contributed by atoms with Gasteiger partial charge in [0.15, 0.2) is 5.82 Å². The lowest BCUT2D eigenvalue weighted by atomic mass is 9.65. The number of amides is 4. The number of aromatic hydroxyl groups is 1. The van der Waals surface area contributed by atoms with E-state index in [1.165, 1.54) is 49.9 Å². The molecule has 0 unspecified atom stereocenters. The van der Waals surface area contributed by atoms with E-state index >= 15 is 8.78 Å². The number of carbonyl (C=O) groups is 3. The highest BCUT2D eigenvalue weighted by atomic mass is 19.1. The van der Waals surface area contributed by atoms with Crippen LogP contribution >= 0.6 is 0 Å². The van der Waals surface area contributed by atoms with Gasteiger partial charge in [-0.3, -0.25) is 24.8 Å². The highest BCUT2D eigenvalue weighted by molar-refractivity contribution is 6.07. The Morgan fingerprint density at radius 1 is 0.945 bits per heavy atom. The van der Waals surface area contributed by atoms with Crippen molar-refractivity contribution in [2.45, 2.75) is 83.2 Å². The molecule has 17 heteroatoms.